The van der Waals surface area contributed by atoms with Gasteiger partial charge in [0.1, 0.15) is 0 Å². The zero-order chi connectivity index (χ0) is 19.3. The predicted molar refractivity (Wildman–Crippen MR) is 121 cm³/mol. The number of rotatable bonds is 4. The summed E-state index contributed by atoms with van der Waals surface area (Å²) in [6.45, 7) is 5.22. The molecule has 0 aromatic heterocycles. The summed E-state index contributed by atoms with van der Waals surface area (Å²) < 4.78 is 0. The molecule has 1 amide bonds. The predicted octanol–water partition coefficient (Wildman–Crippen LogP) is 4.00. The molecule has 2 aromatic carbocycles. The lowest BCUT2D eigenvalue weighted by Crippen LogP contribution is -2.52. The summed E-state index contributed by atoms with van der Waals surface area (Å²) in [7, 11) is 0. The van der Waals surface area contributed by atoms with Crippen molar-refractivity contribution in [1.29, 1.82) is 0 Å². The highest BCUT2D eigenvalue weighted by Crippen LogP contribution is 2.34. The van der Waals surface area contributed by atoms with E-state index < -0.39 is 0 Å². The summed E-state index contributed by atoms with van der Waals surface area (Å²) in [4.78, 5) is 17.4. The maximum absolute atomic E-state index is 12.9. The van der Waals surface area contributed by atoms with Gasteiger partial charge in [-0.15, -0.1) is 12.4 Å². The molecule has 2 saturated heterocycles. The van der Waals surface area contributed by atoms with E-state index in [1.807, 2.05) is 24.3 Å². The lowest BCUT2D eigenvalue weighted by Gasteiger charge is -2.41. The SMILES string of the molecule is Cl.O=C(C1CCNCC1)N1CCN(C(c2ccccc2)c2ccccc2Cl)CC1. The largest absolute Gasteiger partial charge is 0.340 e. The Hall–Kier alpha value is -1.59. The van der Waals surface area contributed by atoms with Crippen molar-refractivity contribution in [1.82, 2.24) is 15.1 Å². The Morgan fingerprint density at radius 3 is 2.21 bits per heavy atom. The van der Waals surface area contributed by atoms with Crippen LogP contribution in [0.2, 0.25) is 5.02 Å². The number of benzene rings is 2. The van der Waals surface area contributed by atoms with Crippen LogP contribution in [0, 0.1) is 5.92 Å². The smallest absolute Gasteiger partial charge is 0.225 e. The second-order valence-corrected chi connectivity index (χ2v) is 8.13. The molecule has 2 fully saturated rings. The third-order valence-electron chi connectivity index (χ3n) is 5.99. The van der Waals surface area contributed by atoms with Crippen molar-refractivity contribution in [2.45, 2.75) is 18.9 Å². The first-order valence-corrected chi connectivity index (χ1v) is 10.6. The minimum absolute atomic E-state index is 0. The summed E-state index contributed by atoms with van der Waals surface area (Å²) in [6.07, 6.45) is 1.93. The Labute approximate surface area is 184 Å². The van der Waals surface area contributed by atoms with Crippen LogP contribution in [0.25, 0.3) is 0 Å². The van der Waals surface area contributed by atoms with E-state index in [9.17, 15) is 4.79 Å². The van der Waals surface area contributed by atoms with Gasteiger partial charge in [0.2, 0.25) is 5.91 Å². The normalized spacial score (nSPS) is 19.4. The van der Waals surface area contributed by atoms with Gasteiger partial charge in [-0.05, 0) is 43.1 Å². The lowest BCUT2D eigenvalue weighted by atomic mass is 9.95. The van der Waals surface area contributed by atoms with E-state index in [0.29, 0.717) is 5.91 Å². The van der Waals surface area contributed by atoms with E-state index >= 15 is 0 Å². The molecule has 2 aliphatic heterocycles. The third-order valence-corrected chi connectivity index (χ3v) is 6.34. The molecule has 1 N–H and O–H groups in total. The average Bonchev–Trinajstić information content (AvgIpc) is 2.77. The van der Waals surface area contributed by atoms with Crippen LogP contribution in [0.1, 0.15) is 30.0 Å². The summed E-state index contributed by atoms with van der Waals surface area (Å²) in [6, 6.07) is 18.8. The molecule has 0 aliphatic carbocycles. The molecule has 6 heteroatoms. The number of amides is 1. The van der Waals surface area contributed by atoms with Crippen LogP contribution in [-0.4, -0.2) is 55.0 Å². The molecule has 2 heterocycles. The average molecular weight is 434 g/mol. The molecule has 4 nitrogen and oxygen atoms in total. The van der Waals surface area contributed by atoms with Crippen molar-refractivity contribution in [2.24, 2.45) is 5.92 Å². The van der Waals surface area contributed by atoms with Gasteiger partial charge < -0.3 is 10.2 Å². The maximum atomic E-state index is 12.9. The molecule has 1 atom stereocenters. The molecule has 0 saturated carbocycles. The van der Waals surface area contributed by atoms with Crippen molar-refractivity contribution < 1.29 is 4.79 Å². The first-order valence-electron chi connectivity index (χ1n) is 10.3. The fourth-order valence-corrected chi connectivity index (χ4v) is 4.69. The number of carbonyl (C=O) groups is 1. The fraction of sp³-hybridized carbons (Fsp3) is 0.435. The Kier molecular flexibility index (Phi) is 7.96. The van der Waals surface area contributed by atoms with Gasteiger partial charge >= 0.3 is 0 Å². The van der Waals surface area contributed by atoms with Crippen molar-refractivity contribution in [3.63, 3.8) is 0 Å². The minimum atomic E-state index is 0. The van der Waals surface area contributed by atoms with Gasteiger partial charge in [-0.1, -0.05) is 60.1 Å². The van der Waals surface area contributed by atoms with E-state index in [-0.39, 0.29) is 24.4 Å². The summed E-state index contributed by atoms with van der Waals surface area (Å²) >= 11 is 6.57. The highest BCUT2D eigenvalue weighted by Gasteiger charge is 2.32. The van der Waals surface area contributed by atoms with Crippen LogP contribution in [0.5, 0.6) is 0 Å². The Bertz CT molecular complexity index is 788. The Balaban J connectivity index is 0.00000240. The maximum Gasteiger partial charge on any atom is 0.225 e. The standard InChI is InChI=1S/C23H28ClN3O.ClH/c24-21-9-5-4-8-20(21)22(18-6-2-1-3-7-18)26-14-16-27(17-15-26)23(28)19-10-12-25-13-11-19;/h1-9,19,22,25H,10-17H2;1H. The number of nitrogens with zero attached hydrogens (tertiary/aromatic N) is 2. The third kappa shape index (κ3) is 5.13. The topological polar surface area (TPSA) is 35.6 Å². The van der Waals surface area contributed by atoms with E-state index in [1.165, 1.54) is 5.56 Å². The van der Waals surface area contributed by atoms with Crippen molar-refractivity contribution >= 4 is 29.9 Å². The zero-order valence-electron chi connectivity index (χ0n) is 16.6. The molecule has 0 radical (unpaired) electrons. The van der Waals surface area contributed by atoms with Gasteiger partial charge in [-0.2, -0.15) is 0 Å². The Morgan fingerprint density at radius 1 is 0.931 bits per heavy atom. The van der Waals surface area contributed by atoms with Crippen molar-refractivity contribution in [2.75, 3.05) is 39.3 Å². The number of carbonyl (C=O) groups excluding carboxylic acids is 1. The number of halogens is 2. The van der Waals surface area contributed by atoms with Crippen LogP contribution in [-0.2, 0) is 4.79 Å². The number of hydrogen-bond donors (Lipinski definition) is 1. The van der Waals surface area contributed by atoms with E-state index in [4.69, 9.17) is 11.6 Å². The van der Waals surface area contributed by atoms with Crippen LogP contribution >= 0.6 is 24.0 Å². The fourth-order valence-electron chi connectivity index (χ4n) is 4.45. The van der Waals surface area contributed by atoms with Crippen LogP contribution in [0.15, 0.2) is 54.6 Å². The molecule has 4 rings (SSSR count). The second kappa shape index (κ2) is 10.4. The summed E-state index contributed by atoms with van der Waals surface area (Å²) in [5.74, 6) is 0.538. The second-order valence-electron chi connectivity index (χ2n) is 7.72. The molecule has 2 aromatic rings. The van der Waals surface area contributed by atoms with Gasteiger partial charge in [-0.3, -0.25) is 9.69 Å². The van der Waals surface area contributed by atoms with Gasteiger partial charge in [-0.25, -0.2) is 0 Å². The molecule has 156 valence electrons. The Morgan fingerprint density at radius 2 is 1.55 bits per heavy atom. The van der Waals surface area contributed by atoms with Crippen molar-refractivity contribution in [3.05, 3.63) is 70.7 Å². The van der Waals surface area contributed by atoms with E-state index in [0.717, 1.165) is 62.7 Å². The summed E-state index contributed by atoms with van der Waals surface area (Å²) in [5, 5.41) is 4.14. The number of piperidine rings is 1. The highest BCUT2D eigenvalue weighted by molar-refractivity contribution is 6.31. The van der Waals surface area contributed by atoms with Crippen LogP contribution < -0.4 is 5.32 Å². The van der Waals surface area contributed by atoms with Gasteiger partial charge in [0.25, 0.3) is 0 Å². The first kappa shape index (κ1) is 22.1. The minimum Gasteiger partial charge on any atom is -0.340 e. The number of nitrogens with one attached hydrogen (secondary N) is 1. The molecule has 0 bridgehead atoms. The lowest BCUT2D eigenvalue weighted by molar-refractivity contribution is -0.138. The van der Waals surface area contributed by atoms with Crippen LogP contribution in [0.3, 0.4) is 0 Å². The quantitative estimate of drug-likeness (QED) is 0.791. The molecule has 2 aliphatic rings. The van der Waals surface area contributed by atoms with Gasteiger partial charge in [0.15, 0.2) is 0 Å². The highest BCUT2D eigenvalue weighted by atomic mass is 35.5. The monoisotopic (exact) mass is 433 g/mol. The summed E-state index contributed by atoms with van der Waals surface area (Å²) in [5.41, 5.74) is 2.38. The molecule has 1 unspecified atom stereocenters. The zero-order valence-corrected chi connectivity index (χ0v) is 18.2. The van der Waals surface area contributed by atoms with E-state index in [2.05, 4.69) is 45.4 Å². The first-order chi connectivity index (χ1) is 13.7. The molecular weight excluding hydrogens is 405 g/mol. The molecule has 29 heavy (non-hydrogen) atoms. The molecule has 0 spiro atoms. The molecular formula is C23H29Cl2N3O. The van der Waals surface area contributed by atoms with E-state index in [1.54, 1.807) is 0 Å². The number of hydrogen-bond acceptors (Lipinski definition) is 3. The van der Waals surface area contributed by atoms with Gasteiger partial charge in [0, 0.05) is 37.1 Å². The van der Waals surface area contributed by atoms with Gasteiger partial charge in [0.05, 0.1) is 6.04 Å². The van der Waals surface area contributed by atoms with Crippen LogP contribution in [0.4, 0.5) is 0 Å². The number of piperazine rings is 1. The van der Waals surface area contributed by atoms with Crippen molar-refractivity contribution in [3.8, 4) is 0 Å².